The Kier molecular flexibility index (Phi) is 22.3. The number of carbonyl (C=O) groups excluding carboxylic acids is 1. The van der Waals surface area contributed by atoms with Gasteiger partial charge in [-0.3, -0.25) is 0 Å². The monoisotopic (exact) mass is 1350 g/mol. The quantitative estimate of drug-likeness (QED) is 0.122. The molecule has 30 nitrogen and oxygen atoms in total. The smallest absolute Gasteiger partial charge is 0.342 e. The fourth-order valence-electron chi connectivity index (χ4n) is 14.0. The molecule has 1 aromatic rings. The van der Waals surface area contributed by atoms with Gasteiger partial charge < -0.3 is 140 Å². The highest BCUT2D eigenvalue weighted by atomic mass is 35.5. The maximum absolute atomic E-state index is 13.2. The second-order valence-electron chi connectivity index (χ2n) is 25.4. The number of halogens is 2. The normalized spacial score (nSPS) is 48.0. The second-order valence-corrected chi connectivity index (χ2v) is 26.2. The number of rotatable bonds is 15. The maximum Gasteiger partial charge on any atom is 0.342 e. The molecular formula is C59H90Cl2O30. The van der Waals surface area contributed by atoms with Crippen LogP contribution in [0.1, 0.15) is 90.6 Å². The van der Waals surface area contributed by atoms with Crippen molar-refractivity contribution in [3.63, 3.8) is 0 Å². The van der Waals surface area contributed by atoms with E-state index in [1.807, 2.05) is 34.6 Å². The number of phenols is 1. The average molecular weight is 1350 g/mol. The van der Waals surface area contributed by atoms with Crippen LogP contribution >= 0.6 is 23.2 Å². The molecule has 2 spiro atoms. The Hall–Kier alpha value is -2.17. The largest absolute Gasteiger partial charge is 0.505 e. The third-order valence-corrected chi connectivity index (χ3v) is 20.0. The van der Waals surface area contributed by atoms with Crippen molar-refractivity contribution in [1.29, 1.82) is 0 Å². The fourth-order valence-corrected chi connectivity index (χ4v) is 14.5. The Balaban J connectivity index is 0.000000201. The van der Waals surface area contributed by atoms with Crippen LogP contribution in [-0.4, -0.2) is 281 Å². The molecule has 32 heteroatoms. The first-order valence-electron chi connectivity index (χ1n) is 30.7. The minimum atomic E-state index is -1.67. The fraction of sp³-hybridized carbons (Fsp3) is 0.881. The van der Waals surface area contributed by atoms with Crippen molar-refractivity contribution in [2.75, 3.05) is 62.2 Å². The van der Waals surface area contributed by atoms with Crippen LogP contribution in [0, 0.1) is 18.8 Å². The number of benzene rings is 1. The summed E-state index contributed by atoms with van der Waals surface area (Å²) in [5.74, 6) is -4.95. The Morgan fingerprint density at radius 2 is 1.38 bits per heavy atom. The van der Waals surface area contributed by atoms with Crippen molar-refractivity contribution < 1.29 is 145 Å². The zero-order chi connectivity index (χ0) is 66.1. The number of hydrogen-bond acceptors (Lipinski definition) is 30. The van der Waals surface area contributed by atoms with E-state index in [0.717, 1.165) is 0 Å². The molecule has 0 aliphatic carbocycles. The molecule has 0 saturated carbocycles. The molecule has 0 amide bonds. The molecule has 10 heterocycles. The molecule has 1 aromatic carbocycles. The van der Waals surface area contributed by atoms with Crippen molar-refractivity contribution in [3.8, 4) is 11.5 Å². The van der Waals surface area contributed by atoms with E-state index in [4.69, 9.17) is 127 Å². The van der Waals surface area contributed by atoms with Crippen LogP contribution in [0.5, 0.6) is 11.5 Å². The molecule has 520 valence electrons. The van der Waals surface area contributed by atoms with E-state index in [2.05, 4.69) is 0 Å². The van der Waals surface area contributed by atoms with Crippen molar-refractivity contribution in [1.82, 2.24) is 0 Å². The first kappa shape index (κ1) is 71.6. The Morgan fingerprint density at radius 3 is 2.03 bits per heavy atom. The zero-order valence-corrected chi connectivity index (χ0v) is 54.8. The van der Waals surface area contributed by atoms with E-state index >= 15 is 0 Å². The molecular weight excluding hydrogens is 1260 g/mol. The highest BCUT2D eigenvalue weighted by Crippen LogP contribution is 2.52. The van der Waals surface area contributed by atoms with Gasteiger partial charge in [0.2, 0.25) is 0 Å². The van der Waals surface area contributed by atoms with Gasteiger partial charge >= 0.3 is 11.9 Å². The van der Waals surface area contributed by atoms with Gasteiger partial charge in [0.05, 0.1) is 81.1 Å². The molecule has 10 aliphatic heterocycles. The van der Waals surface area contributed by atoms with E-state index in [9.17, 15) is 40.5 Å². The predicted octanol–water partition coefficient (Wildman–Crippen LogP) is 1.41. The first-order valence-corrected chi connectivity index (χ1v) is 31.4. The summed E-state index contributed by atoms with van der Waals surface area (Å²) in [4.78, 5) is 13.2. The molecule has 0 bridgehead atoms. The van der Waals surface area contributed by atoms with Gasteiger partial charge in [0.25, 0.3) is 5.97 Å². The van der Waals surface area contributed by atoms with Gasteiger partial charge in [-0.05, 0) is 53.0 Å². The lowest BCUT2D eigenvalue weighted by Gasteiger charge is -2.48. The van der Waals surface area contributed by atoms with Crippen molar-refractivity contribution in [2.45, 2.75) is 258 Å². The molecule has 10 fully saturated rings. The summed E-state index contributed by atoms with van der Waals surface area (Å²) < 4.78 is 131. The van der Waals surface area contributed by atoms with Gasteiger partial charge in [-0.15, -0.1) is 0 Å². The Morgan fingerprint density at radius 1 is 0.681 bits per heavy atom. The highest BCUT2D eigenvalue weighted by molar-refractivity contribution is 6.39. The minimum Gasteiger partial charge on any atom is -0.505 e. The molecule has 11 rings (SSSR count). The SMILES string of the molecule is COC[C@H]1O[C@@H](O[C@@H]2OC[C@@H]3O[C@@]4(OC[C@@](O)(C(C)C)[C@@H]5OCO[C@H]54)O[C@H]3[C@H]2OC)[C@@H](OC)[C@@H](O)[C@@H]1O[C@@H]1O[C@H](C)[C@H](C)[C@H](OC)[C@H]1O.COc1c(Cl)c(O)c(Cl)c(C)c1C(=O)O[C@H]1[C@H](O)C[C@H](O[C@H]2[C@H](O)C[C@]3(O[C@@H]4[C@@H](C)O[C@@H](O)C[C@@]4(C)O3)O[C@@H]2C)O[C@@H]1C. The van der Waals surface area contributed by atoms with Crippen LogP contribution in [0.4, 0.5) is 0 Å². The summed E-state index contributed by atoms with van der Waals surface area (Å²) >= 11 is 12.3. The number of hydrogen-bond donors (Lipinski definition) is 7. The zero-order valence-electron chi connectivity index (χ0n) is 53.3. The number of aromatic hydroxyl groups is 1. The van der Waals surface area contributed by atoms with Gasteiger partial charge in [0, 0.05) is 47.2 Å². The number of esters is 1. The summed E-state index contributed by atoms with van der Waals surface area (Å²) in [6, 6.07) is 0. The third kappa shape index (κ3) is 13.5. The molecule has 91 heavy (non-hydrogen) atoms. The van der Waals surface area contributed by atoms with Gasteiger partial charge in [0.15, 0.2) is 55.2 Å². The number of ether oxygens (including phenoxy) is 22. The average Bonchev–Trinajstić information content (AvgIpc) is 1.60. The standard InChI is InChI=1S/C31H52O17.C28H38Cl2O13/c1-13(2)30(34)11-42-31(26-25(30)40-12-41-26)47-17-10-39-28(24(38-8)22(17)48-31)46-29-23(37-7)18(32)21(16(44-29)9-35-5)45-27-19(33)20(36-6)14(3)15(4)43-27;1-10-18(24(36-6)20(30)21(34)19(10)29)26(35)40-22-11(2)38-17(7-14(22)31)39-23-12(3)41-28(8-15(23)32)42-25-13(4)37-16(33)9-27(25,5)43-28/h13-29,32-34H,9-12H2,1-8H3;11-17,22-23,25,31-34H,7-9H2,1-6H3/t14-,15+,16+,17-,18-,19+,20-,21+,22+,23-,24+,25+,26+,27-,28-,29-,30+,31+;11-,12-,13-,14-,15-,16-,17+,22-,23-,25-,27-,28-/m01/s1. The lowest BCUT2D eigenvalue weighted by molar-refractivity contribution is -0.420. The summed E-state index contributed by atoms with van der Waals surface area (Å²) in [5, 5.41) is 75.8. The molecule has 10 saturated heterocycles. The Bertz CT molecular complexity index is 2620. The van der Waals surface area contributed by atoms with Crippen LogP contribution in [-0.2, 0) is 99.5 Å². The van der Waals surface area contributed by atoms with E-state index in [0.29, 0.717) is 0 Å². The molecule has 10 aliphatic rings. The minimum absolute atomic E-state index is 0.00852. The summed E-state index contributed by atoms with van der Waals surface area (Å²) in [5.41, 5.74) is -2.11. The highest BCUT2D eigenvalue weighted by Gasteiger charge is 2.70. The lowest BCUT2D eigenvalue weighted by atomic mass is 9.80. The topological polar surface area (TPSA) is 362 Å². The molecule has 30 atom stereocenters. The van der Waals surface area contributed by atoms with E-state index < -0.39 is 182 Å². The van der Waals surface area contributed by atoms with Crippen LogP contribution in [0.2, 0.25) is 10.0 Å². The van der Waals surface area contributed by atoms with Crippen LogP contribution < -0.4 is 4.74 Å². The van der Waals surface area contributed by atoms with Gasteiger partial charge in [-0.1, -0.05) is 44.0 Å². The van der Waals surface area contributed by atoms with Gasteiger partial charge in [-0.25, -0.2) is 4.79 Å². The van der Waals surface area contributed by atoms with Crippen molar-refractivity contribution >= 4 is 29.2 Å². The Labute approximate surface area is 537 Å². The maximum atomic E-state index is 13.2. The van der Waals surface area contributed by atoms with Crippen molar-refractivity contribution in [2.24, 2.45) is 11.8 Å². The molecule has 0 aromatic heterocycles. The van der Waals surface area contributed by atoms with E-state index in [1.54, 1.807) is 20.8 Å². The molecule has 0 radical (unpaired) electrons. The van der Waals surface area contributed by atoms with Gasteiger partial charge in [-0.2, -0.15) is 0 Å². The van der Waals surface area contributed by atoms with E-state index in [1.165, 1.54) is 42.5 Å². The van der Waals surface area contributed by atoms with E-state index in [-0.39, 0.29) is 90.7 Å². The number of aliphatic hydroxyl groups is 6. The summed E-state index contributed by atoms with van der Waals surface area (Å²) in [6.07, 6.45) is -22.2. The lowest BCUT2D eigenvalue weighted by Crippen LogP contribution is -2.68. The number of phenolic OH excluding ortho intramolecular Hbond substituents is 1. The first-order chi connectivity index (χ1) is 43.0. The number of aliphatic hydroxyl groups excluding tert-OH is 5. The summed E-state index contributed by atoms with van der Waals surface area (Å²) in [6.45, 7) is 15.8. The van der Waals surface area contributed by atoms with Crippen molar-refractivity contribution in [3.05, 3.63) is 21.2 Å². The van der Waals surface area contributed by atoms with Gasteiger partial charge in [0.1, 0.15) is 95.7 Å². The number of fused-ring (bicyclic) bond motifs is 4. The number of carbonyl (C=O) groups is 1. The predicted molar refractivity (Wildman–Crippen MR) is 305 cm³/mol. The van der Waals surface area contributed by atoms with Crippen LogP contribution in [0.25, 0.3) is 0 Å². The number of methoxy groups -OCH3 is 5. The third-order valence-electron chi connectivity index (χ3n) is 19.2. The van der Waals surface area contributed by atoms with Crippen LogP contribution in [0.3, 0.4) is 0 Å². The molecule has 7 N–H and O–H groups in total. The second kappa shape index (κ2) is 28.4. The van der Waals surface area contributed by atoms with Crippen LogP contribution in [0.15, 0.2) is 0 Å². The molecule has 0 unspecified atom stereocenters. The summed E-state index contributed by atoms with van der Waals surface area (Å²) in [7, 11) is 7.16.